The van der Waals surface area contributed by atoms with Crippen LogP contribution in [0.4, 0.5) is 0 Å². The Bertz CT molecular complexity index is 896. The number of hydrogen-bond donors (Lipinski definition) is 1. The Kier molecular flexibility index (Phi) is 5.43. The van der Waals surface area contributed by atoms with Gasteiger partial charge in [-0.25, -0.2) is 9.78 Å². The molecule has 0 fully saturated rings. The second-order valence-corrected chi connectivity index (χ2v) is 5.96. The Balaban J connectivity index is 2.00. The highest BCUT2D eigenvalue weighted by atomic mass is 35.5. The van der Waals surface area contributed by atoms with Gasteiger partial charge in [-0.15, -0.1) is 0 Å². The van der Waals surface area contributed by atoms with Crippen molar-refractivity contribution in [1.82, 2.24) is 9.55 Å². The Morgan fingerprint density at radius 2 is 2.23 bits per heavy atom. The van der Waals surface area contributed by atoms with Crippen LogP contribution in [0.5, 0.6) is 11.5 Å². The van der Waals surface area contributed by atoms with Crippen LogP contribution >= 0.6 is 11.6 Å². The number of nitrogens with zero attached hydrogens (tertiary/aromatic N) is 2. The molecule has 2 aromatic rings. The molecule has 0 saturated heterocycles. The molecule has 0 aliphatic carbocycles. The molecule has 0 bridgehead atoms. The lowest BCUT2D eigenvalue weighted by Crippen LogP contribution is -2.19. The molecular weight excluding hydrogens is 364 g/mol. The first-order chi connectivity index (χ1) is 12.5. The Hall–Kier alpha value is -2.58. The number of carboxylic acid groups (broad SMARTS) is 1. The molecule has 3 rings (SSSR count). The summed E-state index contributed by atoms with van der Waals surface area (Å²) in [5.41, 5.74) is -0.0954. The van der Waals surface area contributed by atoms with Gasteiger partial charge in [0.25, 0.3) is 0 Å². The number of pyridine rings is 2. The predicted octanol–water partition coefficient (Wildman–Crippen LogP) is 2.07. The van der Waals surface area contributed by atoms with Gasteiger partial charge in [0.1, 0.15) is 17.9 Å². The lowest BCUT2D eigenvalue weighted by Gasteiger charge is -2.13. The third-order valence-electron chi connectivity index (χ3n) is 3.85. The topological polar surface area (TPSA) is 99.9 Å². The molecule has 1 aliphatic rings. The molecule has 1 N–H and O–H groups in total. The van der Waals surface area contributed by atoms with Gasteiger partial charge in [0.15, 0.2) is 22.1 Å². The maximum Gasteiger partial charge on any atom is 0.341 e. The minimum atomic E-state index is -1.28. The van der Waals surface area contributed by atoms with Gasteiger partial charge in [0.2, 0.25) is 0 Å². The molecule has 2 aromatic heterocycles. The number of aromatic carboxylic acids is 1. The van der Waals surface area contributed by atoms with Crippen molar-refractivity contribution in [3.63, 3.8) is 0 Å². The van der Waals surface area contributed by atoms with Crippen molar-refractivity contribution >= 4 is 17.6 Å². The molecule has 26 heavy (non-hydrogen) atoms. The van der Waals surface area contributed by atoms with E-state index in [0.29, 0.717) is 49.1 Å². The molecule has 1 aliphatic heterocycles. The van der Waals surface area contributed by atoms with Gasteiger partial charge >= 0.3 is 5.97 Å². The summed E-state index contributed by atoms with van der Waals surface area (Å²) in [7, 11) is 1.61. The maximum absolute atomic E-state index is 12.1. The van der Waals surface area contributed by atoms with Crippen LogP contribution in [0.1, 0.15) is 16.8 Å². The number of ether oxygens (including phenoxy) is 3. The summed E-state index contributed by atoms with van der Waals surface area (Å²) in [6.45, 7) is 1.63. The molecule has 0 radical (unpaired) electrons. The van der Waals surface area contributed by atoms with Crippen molar-refractivity contribution < 1.29 is 24.1 Å². The van der Waals surface area contributed by atoms with E-state index in [1.165, 1.54) is 12.3 Å². The summed E-state index contributed by atoms with van der Waals surface area (Å²) in [4.78, 5) is 27.6. The SMILES string of the molecule is COCCCOc1cc2c(nc1Cl)-c1cc(=O)c(C(=O)O)cn1CCO2. The number of rotatable bonds is 6. The van der Waals surface area contributed by atoms with E-state index < -0.39 is 11.4 Å². The molecule has 0 amide bonds. The van der Waals surface area contributed by atoms with E-state index >= 15 is 0 Å². The second kappa shape index (κ2) is 7.76. The highest BCUT2D eigenvalue weighted by Gasteiger charge is 2.22. The molecule has 0 unspecified atom stereocenters. The van der Waals surface area contributed by atoms with Crippen LogP contribution in [0.25, 0.3) is 11.4 Å². The molecule has 0 saturated carbocycles. The zero-order valence-electron chi connectivity index (χ0n) is 14.0. The number of carboxylic acids is 1. The van der Waals surface area contributed by atoms with Crippen LogP contribution in [-0.2, 0) is 11.3 Å². The number of carbonyl (C=O) groups is 1. The molecule has 8 nitrogen and oxygen atoms in total. The van der Waals surface area contributed by atoms with Crippen molar-refractivity contribution in [3.8, 4) is 22.9 Å². The first-order valence-corrected chi connectivity index (χ1v) is 8.32. The molecule has 0 spiro atoms. The van der Waals surface area contributed by atoms with Crippen molar-refractivity contribution in [3.05, 3.63) is 39.3 Å². The highest BCUT2D eigenvalue weighted by molar-refractivity contribution is 6.31. The summed E-state index contributed by atoms with van der Waals surface area (Å²) < 4.78 is 17.9. The van der Waals surface area contributed by atoms with Crippen LogP contribution < -0.4 is 14.9 Å². The first kappa shape index (κ1) is 18.2. The summed E-state index contributed by atoms with van der Waals surface area (Å²) in [6, 6.07) is 2.86. The third kappa shape index (κ3) is 3.66. The molecule has 0 aromatic carbocycles. The van der Waals surface area contributed by atoms with Gasteiger partial charge in [0.05, 0.1) is 18.8 Å². The van der Waals surface area contributed by atoms with Crippen LogP contribution in [0.15, 0.2) is 23.1 Å². The van der Waals surface area contributed by atoms with Crippen LogP contribution in [-0.4, -0.2) is 47.6 Å². The van der Waals surface area contributed by atoms with Gasteiger partial charge in [-0.2, -0.15) is 0 Å². The minimum absolute atomic E-state index is 0.132. The largest absolute Gasteiger partial charge is 0.490 e. The van der Waals surface area contributed by atoms with Crippen molar-refractivity contribution in [1.29, 1.82) is 0 Å². The average Bonchev–Trinajstić information content (AvgIpc) is 2.77. The molecule has 9 heteroatoms. The van der Waals surface area contributed by atoms with E-state index in [1.807, 2.05) is 0 Å². The van der Waals surface area contributed by atoms with Crippen molar-refractivity contribution in [2.45, 2.75) is 13.0 Å². The maximum atomic E-state index is 12.1. The monoisotopic (exact) mass is 380 g/mol. The van der Waals surface area contributed by atoms with Gasteiger partial charge in [0, 0.05) is 38.5 Å². The molecule has 3 heterocycles. The zero-order valence-corrected chi connectivity index (χ0v) is 14.8. The second-order valence-electron chi connectivity index (χ2n) is 5.60. The van der Waals surface area contributed by atoms with Crippen LogP contribution in [0.3, 0.4) is 0 Å². The predicted molar refractivity (Wildman–Crippen MR) is 93.4 cm³/mol. The Morgan fingerprint density at radius 3 is 2.96 bits per heavy atom. The lowest BCUT2D eigenvalue weighted by atomic mass is 10.1. The third-order valence-corrected chi connectivity index (χ3v) is 4.12. The van der Waals surface area contributed by atoms with Crippen molar-refractivity contribution in [2.75, 3.05) is 26.9 Å². The molecule has 0 atom stereocenters. The van der Waals surface area contributed by atoms with Crippen LogP contribution in [0, 0.1) is 0 Å². The molecule has 138 valence electrons. The number of halogens is 1. The Labute approximate surface area is 153 Å². The average molecular weight is 381 g/mol. The van der Waals surface area contributed by atoms with Crippen LogP contribution in [0.2, 0.25) is 5.15 Å². The number of hydrogen-bond acceptors (Lipinski definition) is 6. The fraction of sp³-hybridized carbons (Fsp3) is 0.353. The summed E-state index contributed by atoms with van der Waals surface area (Å²) in [5, 5.41) is 9.26. The highest BCUT2D eigenvalue weighted by Crippen LogP contribution is 2.36. The van der Waals surface area contributed by atoms with E-state index in [2.05, 4.69) is 4.98 Å². The fourth-order valence-electron chi connectivity index (χ4n) is 2.61. The standard InChI is InChI=1S/C17H17ClN2O6/c1-24-4-2-5-25-14-8-13-15(19-16(14)18)11-7-12(21)10(17(22)23)9-20(11)3-6-26-13/h7-9H,2-6H2,1H3,(H,22,23). The van der Waals surface area contributed by atoms with Gasteiger partial charge < -0.3 is 23.9 Å². The Morgan fingerprint density at radius 1 is 1.42 bits per heavy atom. The molecular formula is C17H17ClN2O6. The van der Waals surface area contributed by atoms with E-state index in [-0.39, 0.29) is 17.3 Å². The fourth-order valence-corrected chi connectivity index (χ4v) is 2.81. The van der Waals surface area contributed by atoms with Gasteiger partial charge in [-0.05, 0) is 0 Å². The summed E-state index contributed by atoms with van der Waals surface area (Å²) in [6.07, 6.45) is 1.99. The summed E-state index contributed by atoms with van der Waals surface area (Å²) >= 11 is 6.21. The quantitative estimate of drug-likeness (QED) is 0.604. The van der Waals surface area contributed by atoms with E-state index in [4.69, 9.17) is 30.9 Å². The number of fused-ring (bicyclic) bond motifs is 3. The van der Waals surface area contributed by atoms with Gasteiger partial charge in [-0.1, -0.05) is 11.6 Å². The minimum Gasteiger partial charge on any atom is -0.490 e. The zero-order chi connectivity index (χ0) is 18.7. The van der Waals surface area contributed by atoms with E-state index in [1.54, 1.807) is 17.7 Å². The van der Waals surface area contributed by atoms with E-state index in [9.17, 15) is 9.59 Å². The summed E-state index contributed by atoms with van der Waals surface area (Å²) in [5.74, 6) is -0.481. The number of methoxy groups -OCH3 is 1. The smallest absolute Gasteiger partial charge is 0.341 e. The lowest BCUT2D eigenvalue weighted by molar-refractivity contribution is 0.0694. The first-order valence-electron chi connectivity index (χ1n) is 7.94. The van der Waals surface area contributed by atoms with E-state index in [0.717, 1.165) is 0 Å². The van der Waals surface area contributed by atoms with Crippen molar-refractivity contribution in [2.24, 2.45) is 0 Å². The number of aromatic nitrogens is 2. The normalized spacial score (nSPS) is 12.5. The van der Waals surface area contributed by atoms with Gasteiger partial charge in [-0.3, -0.25) is 4.79 Å².